The number of carbonyl (C=O) groups is 1. The van der Waals surface area contributed by atoms with Crippen molar-refractivity contribution in [1.82, 2.24) is 10.2 Å². The molecule has 1 N–H and O–H groups in total. The number of hydrogen-bond donors (Lipinski definition) is 1. The molecule has 0 aliphatic rings. The monoisotopic (exact) mass is 263 g/mol. The van der Waals surface area contributed by atoms with Crippen molar-refractivity contribution in [2.24, 2.45) is 0 Å². The van der Waals surface area contributed by atoms with E-state index in [4.69, 9.17) is 9.52 Å². The molecule has 8 nitrogen and oxygen atoms in total. The molecule has 0 fully saturated rings. The standard InChI is InChI=1S/C11H9N3O5/c15-10(16)6-5-9-12-13-11(19-9)7-3-1-2-4-8(7)14(17)18/h1-4H,5-6H2,(H,15,16). The van der Waals surface area contributed by atoms with Crippen LogP contribution in [0, 0.1) is 10.1 Å². The summed E-state index contributed by atoms with van der Waals surface area (Å²) >= 11 is 0. The number of nitrogens with zero attached hydrogens (tertiary/aromatic N) is 3. The Labute approximate surface area is 106 Å². The number of hydrogen-bond acceptors (Lipinski definition) is 6. The van der Waals surface area contributed by atoms with Gasteiger partial charge in [0.15, 0.2) is 0 Å². The van der Waals surface area contributed by atoms with Crippen molar-refractivity contribution in [2.75, 3.05) is 0 Å². The zero-order valence-electron chi connectivity index (χ0n) is 9.65. The molecule has 0 saturated carbocycles. The maximum Gasteiger partial charge on any atom is 0.303 e. The van der Waals surface area contributed by atoms with Gasteiger partial charge in [-0.3, -0.25) is 14.9 Å². The Morgan fingerprint density at radius 3 is 2.79 bits per heavy atom. The Bertz CT molecular complexity index is 622. The van der Waals surface area contributed by atoms with Gasteiger partial charge < -0.3 is 9.52 Å². The van der Waals surface area contributed by atoms with Crippen molar-refractivity contribution in [3.05, 3.63) is 40.3 Å². The molecule has 0 spiro atoms. The summed E-state index contributed by atoms with van der Waals surface area (Å²) in [6.07, 6.45) is -0.0541. The largest absolute Gasteiger partial charge is 0.481 e. The quantitative estimate of drug-likeness (QED) is 0.643. The second kappa shape index (κ2) is 5.25. The van der Waals surface area contributed by atoms with Crippen LogP contribution >= 0.6 is 0 Å². The minimum Gasteiger partial charge on any atom is -0.481 e. The normalized spacial score (nSPS) is 10.3. The maximum absolute atomic E-state index is 10.9. The number of nitro groups is 1. The van der Waals surface area contributed by atoms with E-state index in [1.807, 2.05) is 0 Å². The van der Waals surface area contributed by atoms with Crippen LogP contribution in [0.3, 0.4) is 0 Å². The SMILES string of the molecule is O=C(O)CCc1nnc(-c2ccccc2[N+](=O)[O-])o1. The molecule has 0 amide bonds. The van der Waals surface area contributed by atoms with Gasteiger partial charge in [0.2, 0.25) is 5.89 Å². The van der Waals surface area contributed by atoms with E-state index in [0.29, 0.717) is 0 Å². The van der Waals surface area contributed by atoms with Gasteiger partial charge in [-0.25, -0.2) is 0 Å². The number of carboxylic acid groups (broad SMARTS) is 1. The summed E-state index contributed by atoms with van der Waals surface area (Å²) in [6.45, 7) is 0. The fourth-order valence-electron chi connectivity index (χ4n) is 1.49. The van der Waals surface area contributed by atoms with Crippen LogP contribution in [0.2, 0.25) is 0 Å². The van der Waals surface area contributed by atoms with E-state index >= 15 is 0 Å². The Kier molecular flexibility index (Phi) is 3.51. The highest BCUT2D eigenvalue weighted by Gasteiger charge is 2.19. The highest BCUT2D eigenvalue weighted by Crippen LogP contribution is 2.28. The zero-order chi connectivity index (χ0) is 13.8. The van der Waals surface area contributed by atoms with E-state index in [2.05, 4.69) is 10.2 Å². The molecule has 2 rings (SSSR count). The average molecular weight is 263 g/mol. The zero-order valence-corrected chi connectivity index (χ0v) is 9.65. The van der Waals surface area contributed by atoms with Crippen molar-refractivity contribution >= 4 is 11.7 Å². The number of aromatic nitrogens is 2. The van der Waals surface area contributed by atoms with Crippen LogP contribution in [0.1, 0.15) is 12.3 Å². The number of aliphatic carboxylic acids is 1. The van der Waals surface area contributed by atoms with Gasteiger partial charge in [-0.2, -0.15) is 0 Å². The predicted octanol–water partition coefficient (Wildman–Crippen LogP) is 1.66. The summed E-state index contributed by atoms with van der Waals surface area (Å²) in [5.74, 6) is -0.839. The lowest BCUT2D eigenvalue weighted by atomic mass is 10.2. The molecule has 1 aromatic carbocycles. The number of para-hydroxylation sites is 1. The van der Waals surface area contributed by atoms with E-state index in [-0.39, 0.29) is 35.9 Å². The smallest absolute Gasteiger partial charge is 0.303 e. The van der Waals surface area contributed by atoms with Crippen molar-refractivity contribution in [3.63, 3.8) is 0 Å². The number of carboxylic acids is 1. The summed E-state index contributed by atoms with van der Waals surface area (Å²) < 4.78 is 5.22. The average Bonchev–Trinajstić information content (AvgIpc) is 2.85. The van der Waals surface area contributed by atoms with Crippen molar-refractivity contribution in [2.45, 2.75) is 12.8 Å². The lowest BCUT2D eigenvalue weighted by Crippen LogP contribution is -1.97. The van der Waals surface area contributed by atoms with E-state index in [1.54, 1.807) is 6.07 Å². The molecule has 98 valence electrons. The first kappa shape index (κ1) is 12.7. The first-order valence-electron chi connectivity index (χ1n) is 5.36. The molecule has 0 bridgehead atoms. The van der Waals surface area contributed by atoms with E-state index in [0.717, 1.165) is 0 Å². The van der Waals surface area contributed by atoms with Crippen LogP contribution in [-0.2, 0) is 11.2 Å². The van der Waals surface area contributed by atoms with Crippen LogP contribution in [0.5, 0.6) is 0 Å². The van der Waals surface area contributed by atoms with Gasteiger partial charge in [0, 0.05) is 12.5 Å². The first-order valence-corrected chi connectivity index (χ1v) is 5.36. The third-order valence-corrected chi connectivity index (χ3v) is 2.35. The maximum atomic E-state index is 10.9. The summed E-state index contributed by atoms with van der Waals surface area (Å²) in [7, 11) is 0. The van der Waals surface area contributed by atoms with Crippen LogP contribution in [0.15, 0.2) is 28.7 Å². The van der Waals surface area contributed by atoms with Gasteiger partial charge in [-0.1, -0.05) is 12.1 Å². The van der Waals surface area contributed by atoms with Crippen LogP contribution in [-0.4, -0.2) is 26.2 Å². The van der Waals surface area contributed by atoms with Crippen molar-refractivity contribution < 1.29 is 19.2 Å². The lowest BCUT2D eigenvalue weighted by molar-refractivity contribution is -0.384. The Morgan fingerprint density at radius 2 is 2.11 bits per heavy atom. The van der Waals surface area contributed by atoms with Gasteiger partial charge in [0.1, 0.15) is 5.56 Å². The number of benzene rings is 1. The summed E-state index contributed by atoms with van der Waals surface area (Å²) in [4.78, 5) is 20.7. The molecule has 1 heterocycles. The molecule has 0 unspecified atom stereocenters. The van der Waals surface area contributed by atoms with Gasteiger partial charge >= 0.3 is 5.97 Å². The first-order chi connectivity index (χ1) is 9.08. The van der Waals surface area contributed by atoms with Gasteiger partial charge in [-0.15, -0.1) is 10.2 Å². The molecule has 0 radical (unpaired) electrons. The second-order valence-corrected chi connectivity index (χ2v) is 3.67. The van der Waals surface area contributed by atoms with E-state index in [9.17, 15) is 14.9 Å². The molecular weight excluding hydrogens is 254 g/mol. The van der Waals surface area contributed by atoms with Crippen molar-refractivity contribution in [1.29, 1.82) is 0 Å². The highest BCUT2D eigenvalue weighted by atomic mass is 16.6. The summed E-state index contributed by atoms with van der Waals surface area (Å²) in [6, 6.07) is 5.97. The van der Waals surface area contributed by atoms with Gasteiger partial charge in [0.05, 0.1) is 11.3 Å². The fraction of sp³-hybridized carbons (Fsp3) is 0.182. The van der Waals surface area contributed by atoms with Crippen LogP contribution in [0.25, 0.3) is 11.5 Å². The van der Waals surface area contributed by atoms with Gasteiger partial charge in [-0.05, 0) is 6.07 Å². The minimum atomic E-state index is -0.981. The molecular formula is C11H9N3O5. The minimum absolute atomic E-state index is 0.00712. The van der Waals surface area contributed by atoms with E-state index in [1.165, 1.54) is 18.2 Å². The van der Waals surface area contributed by atoms with Crippen LogP contribution in [0.4, 0.5) is 5.69 Å². The van der Waals surface area contributed by atoms with Crippen molar-refractivity contribution in [3.8, 4) is 11.5 Å². The van der Waals surface area contributed by atoms with Crippen LogP contribution < -0.4 is 0 Å². The number of aryl methyl sites for hydroxylation is 1. The fourth-order valence-corrected chi connectivity index (χ4v) is 1.49. The Hall–Kier alpha value is -2.77. The summed E-state index contributed by atoms with van der Waals surface area (Å²) in [5.41, 5.74) is 0.0671. The molecule has 0 saturated heterocycles. The molecule has 0 aliphatic heterocycles. The third-order valence-electron chi connectivity index (χ3n) is 2.35. The summed E-state index contributed by atoms with van der Waals surface area (Å²) in [5, 5.41) is 26.7. The molecule has 0 aliphatic carbocycles. The highest BCUT2D eigenvalue weighted by molar-refractivity contribution is 5.67. The Balaban J connectivity index is 2.28. The topological polar surface area (TPSA) is 119 Å². The molecule has 8 heteroatoms. The molecule has 1 aromatic heterocycles. The van der Waals surface area contributed by atoms with Gasteiger partial charge in [0.25, 0.3) is 11.6 Å². The van der Waals surface area contributed by atoms with E-state index < -0.39 is 10.9 Å². The molecule has 2 aromatic rings. The molecule has 0 atom stereocenters. The predicted molar refractivity (Wildman–Crippen MR) is 62.3 cm³/mol. The number of rotatable bonds is 5. The Morgan fingerprint density at radius 1 is 1.37 bits per heavy atom. The number of nitro benzene ring substituents is 1. The third kappa shape index (κ3) is 2.92. The molecule has 19 heavy (non-hydrogen) atoms. The lowest BCUT2D eigenvalue weighted by Gasteiger charge is -1.96. The second-order valence-electron chi connectivity index (χ2n) is 3.67.